The monoisotopic (exact) mass is 345 g/mol. The van der Waals surface area contributed by atoms with Crippen molar-refractivity contribution < 1.29 is 13.6 Å². The molecule has 0 bridgehead atoms. The minimum atomic E-state index is -0.586. The second-order valence-corrected chi connectivity index (χ2v) is 6.39. The van der Waals surface area contributed by atoms with E-state index in [1.807, 2.05) is 12.1 Å². The summed E-state index contributed by atoms with van der Waals surface area (Å²) in [6, 6.07) is 7.05. The lowest BCUT2D eigenvalue weighted by Crippen LogP contribution is -2.44. The van der Waals surface area contributed by atoms with Crippen molar-refractivity contribution in [1.29, 1.82) is 0 Å². The topological polar surface area (TPSA) is 45.2 Å². The molecule has 0 aliphatic carbocycles. The molecule has 1 N–H and O–H groups in total. The molecule has 4 nitrogen and oxygen atoms in total. The first-order chi connectivity index (χ1) is 12.1. The van der Waals surface area contributed by atoms with Gasteiger partial charge in [0.25, 0.3) is 0 Å². The van der Waals surface area contributed by atoms with E-state index in [-0.39, 0.29) is 30.1 Å². The highest BCUT2D eigenvalue weighted by Crippen LogP contribution is 2.31. The number of urea groups is 1. The maximum Gasteiger partial charge on any atom is 0.318 e. The first-order valence-electron chi connectivity index (χ1n) is 8.46. The maximum atomic E-state index is 13.8. The van der Waals surface area contributed by atoms with Crippen LogP contribution >= 0.6 is 0 Å². The first-order valence-corrected chi connectivity index (χ1v) is 8.46. The van der Waals surface area contributed by atoms with Gasteiger partial charge in [-0.25, -0.2) is 13.6 Å². The van der Waals surface area contributed by atoms with Gasteiger partial charge >= 0.3 is 6.03 Å². The number of aromatic nitrogens is 1. The number of carbonyl (C=O) groups is 1. The van der Waals surface area contributed by atoms with Crippen LogP contribution in [0.5, 0.6) is 0 Å². The van der Waals surface area contributed by atoms with E-state index in [0.717, 1.165) is 18.4 Å². The molecular weight excluding hydrogens is 324 g/mol. The number of rotatable bonds is 4. The number of halogens is 2. The van der Waals surface area contributed by atoms with Gasteiger partial charge in [0.05, 0.1) is 6.04 Å². The van der Waals surface area contributed by atoms with Crippen molar-refractivity contribution in [3.63, 3.8) is 0 Å². The molecule has 0 saturated carbocycles. The Morgan fingerprint density at radius 1 is 1.28 bits per heavy atom. The van der Waals surface area contributed by atoms with Crippen molar-refractivity contribution in [2.75, 3.05) is 6.54 Å². The molecule has 0 spiro atoms. The highest BCUT2D eigenvalue weighted by molar-refractivity contribution is 5.75. The molecule has 2 heterocycles. The fraction of sp³-hybridized carbons (Fsp3) is 0.368. The number of carbonyl (C=O) groups excluding carboxylic acids is 1. The summed E-state index contributed by atoms with van der Waals surface area (Å²) in [5.41, 5.74) is 1.05. The molecule has 1 saturated heterocycles. The fourth-order valence-electron chi connectivity index (χ4n) is 3.32. The van der Waals surface area contributed by atoms with E-state index < -0.39 is 11.6 Å². The predicted octanol–water partition coefficient (Wildman–Crippen LogP) is 3.84. The molecule has 1 fully saturated rings. The molecule has 1 aromatic carbocycles. The quantitative estimate of drug-likeness (QED) is 0.915. The number of nitrogens with zero attached hydrogens (tertiary/aromatic N) is 2. The van der Waals surface area contributed by atoms with E-state index in [1.54, 1.807) is 24.2 Å². The molecule has 0 radical (unpaired) electrons. The van der Waals surface area contributed by atoms with Crippen molar-refractivity contribution in [2.45, 2.75) is 38.3 Å². The van der Waals surface area contributed by atoms with Gasteiger partial charge in [0.1, 0.15) is 11.6 Å². The summed E-state index contributed by atoms with van der Waals surface area (Å²) in [6.45, 7) is 2.42. The van der Waals surface area contributed by atoms with Crippen molar-refractivity contribution >= 4 is 6.03 Å². The molecule has 2 amide bonds. The highest BCUT2D eigenvalue weighted by atomic mass is 19.1. The van der Waals surface area contributed by atoms with E-state index in [0.29, 0.717) is 6.54 Å². The molecule has 1 aliphatic rings. The number of benzene rings is 1. The zero-order valence-electron chi connectivity index (χ0n) is 14.1. The van der Waals surface area contributed by atoms with Gasteiger partial charge in [-0.2, -0.15) is 0 Å². The van der Waals surface area contributed by atoms with Crippen LogP contribution in [-0.2, 0) is 6.42 Å². The zero-order valence-corrected chi connectivity index (χ0v) is 14.1. The van der Waals surface area contributed by atoms with Crippen LogP contribution in [0, 0.1) is 11.6 Å². The normalized spacial score (nSPS) is 18.2. The molecule has 1 aromatic heterocycles. The average Bonchev–Trinajstić information content (AvgIpc) is 3.09. The third-order valence-corrected chi connectivity index (χ3v) is 4.55. The number of likely N-dealkylation sites (tertiary alicyclic amines) is 1. The Morgan fingerprint density at radius 3 is 2.64 bits per heavy atom. The number of pyridine rings is 1. The molecule has 2 atom stereocenters. The second kappa shape index (κ2) is 7.59. The fourth-order valence-corrected chi connectivity index (χ4v) is 3.32. The van der Waals surface area contributed by atoms with Crippen LogP contribution in [0.2, 0.25) is 0 Å². The van der Waals surface area contributed by atoms with Gasteiger partial charge in [-0.15, -0.1) is 0 Å². The summed E-state index contributed by atoms with van der Waals surface area (Å²) in [5, 5.41) is 2.86. The van der Waals surface area contributed by atoms with Crippen LogP contribution in [0.15, 0.2) is 42.7 Å². The maximum absolute atomic E-state index is 13.8. The summed E-state index contributed by atoms with van der Waals surface area (Å²) in [6.07, 6.45) is 5.36. The molecule has 2 aromatic rings. The Morgan fingerprint density at radius 2 is 1.96 bits per heavy atom. The minimum Gasteiger partial charge on any atom is -0.335 e. The van der Waals surface area contributed by atoms with Gasteiger partial charge in [-0.05, 0) is 56.0 Å². The molecule has 0 unspecified atom stereocenters. The van der Waals surface area contributed by atoms with Crippen molar-refractivity contribution in [3.05, 3.63) is 65.5 Å². The average molecular weight is 345 g/mol. The van der Waals surface area contributed by atoms with Crippen LogP contribution in [0.3, 0.4) is 0 Å². The standard InChI is InChI=1S/C19H21F2N3O/c1-13(12-15-16(20)4-2-5-17(15)21)23-19(25)24-11-3-6-18(24)14-7-9-22-10-8-14/h2,4-5,7-10,13,18H,3,6,11-12H2,1H3,(H,23,25)/t13-,18-/m1/s1. The second-order valence-electron chi connectivity index (χ2n) is 6.39. The Kier molecular flexibility index (Phi) is 5.26. The zero-order chi connectivity index (χ0) is 17.8. The van der Waals surface area contributed by atoms with E-state index >= 15 is 0 Å². The molecular formula is C19H21F2N3O. The first kappa shape index (κ1) is 17.3. The van der Waals surface area contributed by atoms with Gasteiger partial charge in [0, 0.05) is 30.5 Å². The summed E-state index contributed by atoms with van der Waals surface area (Å²) >= 11 is 0. The predicted molar refractivity (Wildman–Crippen MR) is 91.0 cm³/mol. The Labute approximate surface area is 145 Å². The van der Waals surface area contributed by atoms with Crippen LogP contribution in [0.4, 0.5) is 13.6 Å². The third kappa shape index (κ3) is 3.95. The van der Waals surface area contributed by atoms with Gasteiger partial charge < -0.3 is 10.2 Å². The summed E-state index contributed by atoms with van der Waals surface area (Å²) in [7, 11) is 0. The van der Waals surface area contributed by atoms with Gasteiger partial charge in [-0.1, -0.05) is 6.07 Å². The van der Waals surface area contributed by atoms with Crippen LogP contribution in [0.25, 0.3) is 0 Å². The van der Waals surface area contributed by atoms with E-state index in [9.17, 15) is 13.6 Å². The lowest BCUT2D eigenvalue weighted by molar-refractivity contribution is 0.189. The Hall–Kier alpha value is -2.50. The third-order valence-electron chi connectivity index (χ3n) is 4.55. The summed E-state index contributed by atoms with van der Waals surface area (Å²) in [4.78, 5) is 18.4. The van der Waals surface area contributed by atoms with Crippen molar-refractivity contribution in [1.82, 2.24) is 15.2 Å². The minimum absolute atomic E-state index is 0.00223. The largest absolute Gasteiger partial charge is 0.335 e. The molecule has 1 aliphatic heterocycles. The Balaban J connectivity index is 1.65. The van der Waals surface area contributed by atoms with Gasteiger partial charge in [-0.3, -0.25) is 4.98 Å². The molecule has 132 valence electrons. The van der Waals surface area contributed by atoms with Crippen molar-refractivity contribution in [3.8, 4) is 0 Å². The lowest BCUT2D eigenvalue weighted by Gasteiger charge is -2.27. The molecule has 3 rings (SSSR count). The van der Waals surface area contributed by atoms with E-state index in [2.05, 4.69) is 10.3 Å². The van der Waals surface area contributed by atoms with Crippen LogP contribution in [-0.4, -0.2) is 28.5 Å². The molecule has 6 heteroatoms. The summed E-state index contributed by atoms with van der Waals surface area (Å²) < 4.78 is 27.5. The van der Waals surface area contributed by atoms with Crippen molar-refractivity contribution in [2.24, 2.45) is 0 Å². The number of amides is 2. The van der Waals surface area contributed by atoms with Gasteiger partial charge in [0.15, 0.2) is 0 Å². The van der Waals surface area contributed by atoms with E-state index in [4.69, 9.17) is 0 Å². The van der Waals surface area contributed by atoms with E-state index in [1.165, 1.54) is 18.2 Å². The lowest BCUT2D eigenvalue weighted by atomic mass is 10.1. The van der Waals surface area contributed by atoms with Crippen LogP contribution < -0.4 is 5.32 Å². The molecule has 25 heavy (non-hydrogen) atoms. The van der Waals surface area contributed by atoms with Crippen LogP contribution in [0.1, 0.15) is 36.9 Å². The number of nitrogens with one attached hydrogen (secondary N) is 1. The Bertz CT molecular complexity index is 718. The smallest absolute Gasteiger partial charge is 0.318 e. The summed E-state index contributed by atoms with van der Waals surface area (Å²) in [5.74, 6) is -1.17. The highest BCUT2D eigenvalue weighted by Gasteiger charge is 2.30. The number of hydrogen-bond acceptors (Lipinski definition) is 2. The SMILES string of the molecule is C[C@H](Cc1c(F)cccc1F)NC(=O)N1CCC[C@@H]1c1ccncc1. The van der Waals surface area contributed by atoms with Gasteiger partial charge in [0.2, 0.25) is 0 Å². The number of hydrogen-bond donors (Lipinski definition) is 1.